The van der Waals surface area contributed by atoms with Gasteiger partial charge in [0.25, 0.3) is 0 Å². The molecule has 0 bridgehead atoms. The lowest BCUT2D eigenvalue weighted by Gasteiger charge is -2.56. The summed E-state index contributed by atoms with van der Waals surface area (Å²) in [6, 6.07) is 0. The lowest BCUT2D eigenvalue weighted by Crippen LogP contribution is -2.62. The summed E-state index contributed by atoms with van der Waals surface area (Å²) in [5.41, 5.74) is -0.189. The number of epoxide rings is 1. The van der Waals surface area contributed by atoms with Crippen LogP contribution in [0.5, 0.6) is 0 Å². The Labute approximate surface area is 145 Å². The zero-order valence-electron chi connectivity index (χ0n) is 15.4. The Bertz CT molecular complexity index is 689. The molecule has 3 fully saturated rings. The minimum Gasteiger partial charge on any atom is -0.508 e. The molecule has 5 atom stereocenters. The van der Waals surface area contributed by atoms with Crippen LogP contribution in [0.4, 0.5) is 0 Å². The third-order valence-electron chi connectivity index (χ3n) is 8.00. The number of ether oxygens (including phenoxy) is 1. The fourth-order valence-corrected chi connectivity index (χ4v) is 6.40. The molecule has 24 heavy (non-hydrogen) atoms. The highest BCUT2D eigenvalue weighted by molar-refractivity contribution is 5.58. The Balaban J connectivity index is 1.96. The molecule has 2 N–H and O–H groups in total. The fraction of sp³-hybridized carbons (Fsp3) is 0.714. The van der Waals surface area contributed by atoms with Crippen molar-refractivity contribution in [3.63, 3.8) is 0 Å². The van der Waals surface area contributed by atoms with E-state index in [0.29, 0.717) is 12.8 Å². The van der Waals surface area contributed by atoms with E-state index in [1.54, 1.807) is 0 Å². The monoisotopic (exact) mass is 330 g/mol. The first-order chi connectivity index (χ1) is 11.0. The van der Waals surface area contributed by atoms with Gasteiger partial charge in [0.1, 0.15) is 17.0 Å². The first-order valence-corrected chi connectivity index (χ1v) is 9.16. The molecule has 1 aliphatic heterocycles. The third kappa shape index (κ3) is 1.41. The van der Waals surface area contributed by atoms with Gasteiger partial charge in [-0.1, -0.05) is 40.3 Å². The molecule has 4 aliphatic rings. The number of aliphatic hydroxyl groups is 2. The van der Waals surface area contributed by atoms with Gasteiger partial charge in [-0.15, -0.1) is 6.58 Å². The van der Waals surface area contributed by atoms with E-state index in [4.69, 9.17) is 4.74 Å². The van der Waals surface area contributed by atoms with Crippen molar-refractivity contribution < 1.29 is 14.9 Å². The van der Waals surface area contributed by atoms with Gasteiger partial charge in [0.15, 0.2) is 0 Å². The van der Waals surface area contributed by atoms with Crippen molar-refractivity contribution >= 4 is 0 Å². The highest BCUT2D eigenvalue weighted by Gasteiger charge is 2.87. The van der Waals surface area contributed by atoms with Gasteiger partial charge in [-0.05, 0) is 43.1 Å². The second-order valence-electron chi connectivity index (χ2n) is 9.61. The Morgan fingerprint density at radius 1 is 1.21 bits per heavy atom. The predicted molar refractivity (Wildman–Crippen MR) is 94.6 cm³/mol. The van der Waals surface area contributed by atoms with Crippen LogP contribution in [0.3, 0.4) is 0 Å². The largest absolute Gasteiger partial charge is 0.508 e. The topological polar surface area (TPSA) is 53.0 Å². The molecule has 2 saturated carbocycles. The van der Waals surface area contributed by atoms with Crippen molar-refractivity contribution in [1.82, 2.24) is 0 Å². The van der Waals surface area contributed by atoms with Crippen molar-refractivity contribution in [2.24, 2.45) is 16.2 Å². The predicted octanol–water partition coefficient (Wildman–Crippen LogP) is 4.44. The smallest absolute Gasteiger partial charge is 0.132 e. The highest BCUT2D eigenvalue weighted by Crippen LogP contribution is 2.80. The molecule has 1 saturated heterocycles. The second kappa shape index (κ2) is 4.19. The SMILES string of the molecule is C=C[C@]1(C)CC2=C(O)C(=C)[C@]34O[C@]3(CCCC4(C)C)[C@]2(C)[C@@H](O)C1. The summed E-state index contributed by atoms with van der Waals surface area (Å²) in [6.45, 7) is 16.8. The molecule has 0 spiro atoms. The summed E-state index contributed by atoms with van der Waals surface area (Å²) in [5, 5.41) is 22.3. The zero-order chi connectivity index (χ0) is 17.8. The number of hydrogen-bond donors (Lipinski definition) is 2. The summed E-state index contributed by atoms with van der Waals surface area (Å²) in [5.74, 6) is 0.271. The zero-order valence-corrected chi connectivity index (χ0v) is 15.4. The van der Waals surface area contributed by atoms with E-state index in [-0.39, 0.29) is 16.6 Å². The quantitative estimate of drug-likeness (QED) is 0.552. The molecule has 132 valence electrons. The molecule has 0 amide bonds. The minimum absolute atomic E-state index is 0.0935. The average Bonchev–Trinajstić information content (AvgIpc) is 3.22. The third-order valence-corrected chi connectivity index (χ3v) is 8.00. The second-order valence-corrected chi connectivity index (χ2v) is 9.61. The Morgan fingerprint density at radius 2 is 1.88 bits per heavy atom. The van der Waals surface area contributed by atoms with Gasteiger partial charge in [0.05, 0.1) is 11.5 Å². The fourth-order valence-electron chi connectivity index (χ4n) is 6.40. The van der Waals surface area contributed by atoms with Crippen LogP contribution in [-0.4, -0.2) is 27.5 Å². The maximum absolute atomic E-state index is 11.2. The molecule has 0 aromatic heterocycles. The number of fused-ring (bicyclic) bond motifs is 1. The van der Waals surface area contributed by atoms with E-state index < -0.39 is 22.7 Å². The summed E-state index contributed by atoms with van der Waals surface area (Å²) in [7, 11) is 0. The van der Waals surface area contributed by atoms with E-state index in [0.717, 1.165) is 30.4 Å². The van der Waals surface area contributed by atoms with E-state index >= 15 is 0 Å². The highest BCUT2D eigenvalue weighted by atomic mass is 16.6. The Morgan fingerprint density at radius 3 is 2.50 bits per heavy atom. The van der Waals surface area contributed by atoms with Crippen LogP contribution >= 0.6 is 0 Å². The van der Waals surface area contributed by atoms with E-state index in [9.17, 15) is 10.2 Å². The summed E-state index contributed by atoms with van der Waals surface area (Å²) >= 11 is 0. The average molecular weight is 330 g/mol. The van der Waals surface area contributed by atoms with Crippen LogP contribution in [0.15, 0.2) is 36.1 Å². The Hall–Kier alpha value is -1.06. The normalized spacial score (nSPS) is 52.2. The van der Waals surface area contributed by atoms with Gasteiger partial charge in [0.2, 0.25) is 0 Å². The first kappa shape index (κ1) is 16.4. The molecular weight excluding hydrogens is 300 g/mol. The number of rotatable bonds is 1. The van der Waals surface area contributed by atoms with Crippen LogP contribution in [0, 0.1) is 16.2 Å². The molecule has 0 unspecified atom stereocenters. The minimum atomic E-state index is -0.560. The molecule has 3 aliphatic carbocycles. The van der Waals surface area contributed by atoms with Gasteiger partial charge in [-0.25, -0.2) is 0 Å². The molecule has 0 radical (unpaired) electrons. The number of hydrogen-bond acceptors (Lipinski definition) is 3. The number of allylic oxidation sites excluding steroid dienone is 1. The first-order valence-electron chi connectivity index (χ1n) is 9.16. The van der Waals surface area contributed by atoms with Crippen molar-refractivity contribution in [2.75, 3.05) is 0 Å². The van der Waals surface area contributed by atoms with Crippen molar-refractivity contribution in [1.29, 1.82) is 0 Å². The van der Waals surface area contributed by atoms with E-state index in [1.807, 2.05) is 6.08 Å². The van der Waals surface area contributed by atoms with E-state index in [2.05, 4.69) is 40.9 Å². The maximum Gasteiger partial charge on any atom is 0.132 e. The molecule has 0 aromatic rings. The van der Waals surface area contributed by atoms with Crippen molar-refractivity contribution in [3.8, 4) is 0 Å². The lowest BCUT2D eigenvalue weighted by atomic mass is 9.45. The molecule has 0 aromatic carbocycles. The van der Waals surface area contributed by atoms with Crippen LogP contribution in [-0.2, 0) is 4.74 Å². The van der Waals surface area contributed by atoms with Crippen molar-refractivity contribution in [3.05, 3.63) is 36.1 Å². The molecular formula is C21H30O3. The van der Waals surface area contributed by atoms with Crippen LogP contribution in [0.25, 0.3) is 0 Å². The molecule has 4 rings (SSSR count). The maximum atomic E-state index is 11.2. The van der Waals surface area contributed by atoms with Crippen LogP contribution in [0.1, 0.15) is 59.8 Å². The summed E-state index contributed by atoms with van der Waals surface area (Å²) in [4.78, 5) is 0. The molecule has 1 heterocycles. The summed E-state index contributed by atoms with van der Waals surface area (Å²) < 4.78 is 6.57. The van der Waals surface area contributed by atoms with Gasteiger partial charge in [-0.2, -0.15) is 0 Å². The van der Waals surface area contributed by atoms with Gasteiger partial charge in [-0.3, -0.25) is 0 Å². The molecule has 3 nitrogen and oxygen atoms in total. The number of aliphatic hydroxyl groups excluding tert-OH is 2. The lowest BCUT2D eigenvalue weighted by molar-refractivity contribution is -0.0559. The Kier molecular flexibility index (Phi) is 2.86. The van der Waals surface area contributed by atoms with Gasteiger partial charge >= 0.3 is 0 Å². The molecule has 3 heteroatoms. The van der Waals surface area contributed by atoms with Crippen LogP contribution in [0.2, 0.25) is 0 Å². The van der Waals surface area contributed by atoms with E-state index in [1.165, 1.54) is 0 Å². The van der Waals surface area contributed by atoms with Gasteiger partial charge in [0, 0.05) is 11.0 Å². The van der Waals surface area contributed by atoms with Gasteiger partial charge < -0.3 is 14.9 Å². The van der Waals surface area contributed by atoms with Crippen LogP contribution < -0.4 is 0 Å². The summed E-state index contributed by atoms with van der Waals surface area (Å²) in [6.07, 6.45) is 5.76. The standard InChI is InChI=1S/C21H30O3/c1-7-18(5)11-14-16(23)13(2)21-17(3,4)9-8-10-20(21,24-21)19(14,6)15(22)12-18/h7,15,22-23H,1-2,8-12H2,3-6H3/t15-,18+,19-,20+,21+/m0/s1. The van der Waals surface area contributed by atoms with Crippen molar-refractivity contribution in [2.45, 2.75) is 77.1 Å².